The molecule has 1 aromatic rings. The van der Waals surface area contributed by atoms with Gasteiger partial charge in [0.1, 0.15) is 5.75 Å². The molecule has 1 rings (SSSR count). The van der Waals surface area contributed by atoms with Gasteiger partial charge in [-0.1, -0.05) is 20.8 Å². The zero-order valence-electron chi connectivity index (χ0n) is 10.0. The standard InChI is InChI=1S/C13H18O2/c1-8-9(2)11(14)7-6-10(8)12(15)13(3,4)5/h6-7,14H,1-5H3. The lowest BCUT2D eigenvalue weighted by molar-refractivity contribution is 0.0857. The van der Waals surface area contributed by atoms with Crippen LogP contribution in [-0.4, -0.2) is 10.9 Å². The number of hydrogen-bond acceptors (Lipinski definition) is 2. The number of aromatic hydroxyl groups is 1. The fraction of sp³-hybridized carbons (Fsp3) is 0.462. The van der Waals surface area contributed by atoms with Crippen molar-refractivity contribution in [2.24, 2.45) is 5.41 Å². The molecule has 0 fully saturated rings. The lowest BCUT2D eigenvalue weighted by Crippen LogP contribution is -2.21. The van der Waals surface area contributed by atoms with Crippen molar-refractivity contribution in [1.82, 2.24) is 0 Å². The Morgan fingerprint density at radius 2 is 1.67 bits per heavy atom. The van der Waals surface area contributed by atoms with Gasteiger partial charge in [-0.25, -0.2) is 0 Å². The van der Waals surface area contributed by atoms with Gasteiger partial charge in [0.05, 0.1) is 0 Å². The van der Waals surface area contributed by atoms with Crippen molar-refractivity contribution in [3.63, 3.8) is 0 Å². The van der Waals surface area contributed by atoms with Gasteiger partial charge in [0.15, 0.2) is 5.78 Å². The third-order valence-electron chi connectivity index (χ3n) is 2.68. The Morgan fingerprint density at radius 1 is 1.13 bits per heavy atom. The predicted molar refractivity (Wildman–Crippen MR) is 61.4 cm³/mol. The molecule has 0 atom stereocenters. The lowest BCUT2D eigenvalue weighted by Gasteiger charge is -2.19. The molecular formula is C13H18O2. The van der Waals surface area contributed by atoms with Crippen LogP contribution in [0.25, 0.3) is 0 Å². The fourth-order valence-corrected chi connectivity index (χ4v) is 1.46. The van der Waals surface area contributed by atoms with Gasteiger partial charge in [-0.15, -0.1) is 0 Å². The van der Waals surface area contributed by atoms with Crippen molar-refractivity contribution < 1.29 is 9.90 Å². The van der Waals surface area contributed by atoms with Crippen molar-refractivity contribution in [3.05, 3.63) is 28.8 Å². The molecule has 82 valence electrons. The molecule has 1 N–H and O–H groups in total. The molecule has 0 saturated carbocycles. The third-order valence-corrected chi connectivity index (χ3v) is 2.68. The summed E-state index contributed by atoms with van der Waals surface area (Å²) in [5.41, 5.74) is 1.98. The highest BCUT2D eigenvalue weighted by Gasteiger charge is 2.24. The van der Waals surface area contributed by atoms with Gasteiger partial charge in [-0.05, 0) is 37.1 Å². The number of rotatable bonds is 1. The number of ketones is 1. The fourth-order valence-electron chi connectivity index (χ4n) is 1.46. The lowest BCUT2D eigenvalue weighted by atomic mass is 9.84. The Morgan fingerprint density at radius 3 is 2.13 bits per heavy atom. The van der Waals surface area contributed by atoms with E-state index < -0.39 is 0 Å². The van der Waals surface area contributed by atoms with Crippen LogP contribution >= 0.6 is 0 Å². The van der Waals surface area contributed by atoms with E-state index >= 15 is 0 Å². The molecule has 0 spiro atoms. The minimum atomic E-state index is -0.381. The zero-order chi connectivity index (χ0) is 11.8. The first-order chi connectivity index (χ1) is 6.75. The molecule has 0 radical (unpaired) electrons. The van der Waals surface area contributed by atoms with Crippen LogP contribution in [0, 0.1) is 19.3 Å². The Kier molecular flexibility index (Phi) is 2.89. The Hall–Kier alpha value is -1.31. The highest BCUT2D eigenvalue weighted by molar-refractivity contribution is 6.01. The SMILES string of the molecule is Cc1c(O)ccc(C(=O)C(C)(C)C)c1C. The van der Waals surface area contributed by atoms with Crippen molar-refractivity contribution in [2.75, 3.05) is 0 Å². The van der Waals surface area contributed by atoms with Gasteiger partial charge in [0.2, 0.25) is 0 Å². The van der Waals surface area contributed by atoms with Gasteiger partial charge in [0.25, 0.3) is 0 Å². The predicted octanol–water partition coefficient (Wildman–Crippen LogP) is 3.24. The van der Waals surface area contributed by atoms with E-state index in [0.717, 1.165) is 11.1 Å². The van der Waals surface area contributed by atoms with E-state index in [1.165, 1.54) is 0 Å². The summed E-state index contributed by atoms with van der Waals surface area (Å²) in [4.78, 5) is 12.1. The van der Waals surface area contributed by atoms with E-state index in [1.807, 2.05) is 34.6 Å². The summed E-state index contributed by atoms with van der Waals surface area (Å²) in [6.07, 6.45) is 0. The summed E-state index contributed by atoms with van der Waals surface area (Å²) in [5.74, 6) is 0.362. The van der Waals surface area contributed by atoms with Gasteiger partial charge in [-0.3, -0.25) is 4.79 Å². The molecule has 0 aliphatic rings. The maximum Gasteiger partial charge on any atom is 0.168 e. The minimum absolute atomic E-state index is 0.114. The molecule has 0 aliphatic carbocycles. The van der Waals surface area contributed by atoms with Crippen molar-refractivity contribution in [1.29, 1.82) is 0 Å². The van der Waals surface area contributed by atoms with Gasteiger partial charge >= 0.3 is 0 Å². The number of phenolic OH excluding ortho intramolecular Hbond substituents is 1. The molecular weight excluding hydrogens is 188 g/mol. The van der Waals surface area contributed by atoms with E-state index in [4.69, 9.17) is 0 Å². The van der Waals surface area contributed by atoms with Crippen molar-refractivity contribution in [3.8, 4) is 5.75 Å². The summed E-state index contributed by atoms with van der Waals surface area (Å²) in [6.45, 7) is 9.39. The summed E-state index contributed by atoms with van der Waals surface area (Å²) in [7, 11) is 0. The van der Waals surface area contributed by atoms with Crippen LogP contribution in [0.1, 0.15) is 42.3 Å². The number of Topliss-reactive ketones (excluding diaryl/α,β-unsaturated/α-hetero) is 1. The Balaban J connectivity index is 3.29. The Labute approximate surface area is 90.9 Å². The normalized spacial score (nSPS) is 11.5. The number of carbonyl (C=O) groups is 1. The molecule has 0 aromatic heterocycles. The number of carbonyl (C=O) groups excluding carboxylic acids is 1. The monoisotopic (exact) mass is 206 g/mol. The average Bonchev–Trinajstić information content (AvgIpc) is 2.12. The first kappa shape index (κ1) is 11.8. The van der Waals surface area contributed by atoms with Gasteiger partial charge < -0.3 is 5.11 Å². The summed E-state index contributed by atoms with van der Waals surface area (Å²) >= 11 is 0. The molecule has 2 nitrogen and oxygen atoms in total. The highest BCUT2D eigenvalue weighted by Crippen LogP contribution is 2.28. The maximum atomic E-state index is 12.1. The largest absolute Gasteiger partial charge is 0.508 e. The van der Waals surface area contributed by atoms with E-state index in [9.17, 15) is 9.90 Å². The third kappa shape index (κ3) is 2.20. The minimum Gasteiger partial charge on any atom is -0.508 e. The number of benzene rings is 1. The Bertz CT molecular complexity index is 398. The quantitative estimate of drug-likeness (QED) is 0.716. The van der Waals surface area contributed by atoms with Gasteiger partial charge in [-0.2, -0.15) is 0 Å². The molecule has 0 bridgehead atoms. The van der Waals surface area contributed by atoms with Crippen LogP contribution < -0.4 is 0 Å². The van der Waals surface area contributed by atoms with Crippen molar-refractivity contribution in [2.45, 2.75) is 34.6 Å². The molecule has 0 saturated heterocycles. The molecule has 1 aromatic carbocycles. The second kappa shape index (κ2) is 3.69. The van der Waals surface area contributed by atoms with Crippen molar-refractivity contribution >= 4 is 5.78 Å². The van der Waals surface area contributed by atoms with Crippen LogP contribution in [0.15, 0.2) is 12.1 Å². The number of hydrogen-bond donors (Lipinski definition) is 1. The molecule has 0 amide bonds. The van der Waals surface area contributed by atoms with Crippen LogP contribution in [0.5, 0.6) is 5.75 Å². The second-order valence-electron chi connectivity index (χ2n) is 4.96. The number of phenols is 1. The summed E-state index contributed by atoms with van der Waals surface area (Å²) in [6, 6.07) is 3.28. The van der Waals surface area contributed by atoms with Crippen LogP contribution in [0.2, 0.25) is 0 Å². The summed E-state index contributed by atoms with van der Waals surface area (Å²) in [5, 5.41) is 9.50. The first-order valence-corrected chi connectivity index (χ1v) is 5.09. The van der Waals surface area contributed by atoms with Gasteiger partial charge in [0, 0.05) is 11.0 Å². The molecule has 0 heterocycles. The topological polar surface area (TPSA) is 37.3 Å². The summed E-state index contributed by atoms with van der Waals surface area (Å²) < 4.78 is 0. The molecule has 0 unspecified atom stereocenters. The van der Waals surface area contributed by atoms with E-state index in [2.05, 4.69) is 0 Å². The van der Waals surface area contributed by atoms with E-state index in [0.29, 0.717) is 5.56 Å². The first-order valence-electron chi connectivity index (χ1n) is 5.09. The molecule has 0 aliphatic heterocycles. The average molecular weight is 206 g/mol. The van der Waals surface area contributed by atoms with E-state index in [1.54, 1.807) is 12.1 Å². The second-order valence-corrected chi connectivity index (χ2v) is 4.96. The van der Waals surface area contributed by atoms with Crippen LogP contribution in [0.3, 0.4) is 0 Å². The van der Waals surface area contributed by atoms with Crippen LogP contribution in [-0.2, 0) is 0 Å². The maximum absolute atomic E-state index is 12.1. The van der Waals surface area contributed by atoms with Crippen LogP contribution in [0.4, 0.5) is 0 Å². The van der Waals surface area contributed by atoms with E-state index in [-0.39, 0.29) is 16.9 Å². The smallest absolute Gasteiger partial charge is 0.168 e. The molecule has 2 heteroatoms. The zero-order valence-corrected chi connectivity index (χ0v) is 10.0. The molecule has 15 heavy (non-hydrogen) atoms. The highest BCUT2D eigenvalue weighted by atomic mass is 16.3.